The quantitative estimate of drug-likeness (QED) is 0.751. The zero-order valence-electron chi connectivity index (χ0n) is 13.1. The van der Waals surface area contributed by atoms with Gasteiger partial charge < -0.3 is 10.2 Å². The molecule has 1 N–H and O–H groups in total. The van der Waals surface area contributed by atoms with Gasteiger partial charge in [-0.2, -0.15) is 0 Å². The van der Waals surface area contributed by atoms with Gasteiger partial charge in [0.2, 0.25) is 0 Å². The fourth-order valence-corrected chi connectivity index (χ4v) is 3.23. The van der Waals surface area contributed by atoms with E-state index in [9.17, 15) is 0 Å². The van der Waals surface area contributed by atoms with Gasteiger partial charge in [0.1, 0.15) is 0 Å². The van der Waals surface area contributed by atoms with Crippen molar-refractivity contribution in [3.05, 3.63) is 0 Å². The fraction of sp³-hybridized carbons (Fsp3) is 1.00. The predicted molar refractivity (Wildman–Crippen MR) is 80.1 cm³/mol. The van der Waals surface area contributed by atoms with Crippen LogP contribution >= 0.6 is 0 Å². The number of nitrogens with one attached hydrogen (secondary N) is 1. The molecule has 18 heavy (non-hydrogen) atoms. The lowest BCUT2D eigenvalue weighted by atomic mass is 9.77. The third-order valence-corrected chi connectivity index (χ3v) is 4.51. The lowest BCUT2D eigenvalue weighted by molar-refractivity contribution is 0.0809. The van der Waals surface area contributed by atoms with Gasteiger partial charge in [0.15, 0.2) is 0 Å². The molecule has 0 bridgehead atoms. The highest BCUT2D eigenvalue weighted by Gasteiger charge is 2.33. The van der Waals surface area contributed by atoms with Crippen molar-refractivity contribution < 1.29 is 0 Å². The molecule has 2 unspecified atom stereocenters. The van der Waals surface area contributed by atoms with Crippen molar-refractivity contribution in [1.29, 1.82) is 0 Å². The third-order valence-electron chi connectivity index (χ3n) is 4.51. The van der Waals surface area contributed by atoms with Crippen molar-refractivity contribution in [2.45, 2.75) is 46.1 Å². The summed E-state index contributed by atoms with van der Waals surface area (Å²) in [6, 6.07) is 0.648. The Morgan fingerprint density at radius 3 is 2.44 bits per heavy atom. The molecule has 1 heterocycles. The Morgan fingerprint density at radius 1 is 1.28 bits per heavy atom. The average Bonchev–Trinajstić information content (AvgIpc) is 2.36. The van der Waals surface area contributed by atoms with Gasteiger partial charge in [0, 0.05) is 25.7 Å². The largest absolute Gasteiger partial charge is 0.316 e. The molecule has 0 aromatic rings. The maximum absolute atomic E-state index is 3.60. The van der Waals surface area contributed by atoms with Crippen LogP contribution in [0.25, 0.3) is 0 Å². The van der Waals surface area contributed by atoms with E-state index in [1.165, 1.54) is 38.9 Å². The van der Waals surface area contributed by atoms with Crippen molar-refractivity contribution in [3.8, 4) is 0 Å². The monoisotopic (exact) mass is 255 g/mol. The van der Waals surface area contributed by atoms with Gasteiger partial charge in [0.05, 0.1) is 0 Å². The van der Waals surface area contributed by atoms with Crippen molar-refractivity contribution in [2.75, 3.05) is 46.8 Å². The van der Waals surface area contributed by atoms with Gasteiger partial charge in [-0.15, -0.1) is 0 Å². The zero-order valence-corrected chi connectivity index (χ0v) is 13.1. The fourth-order valence-electron chi connectivity index (χ4n) is 3.23. The first-order chi connectivity index (χ1) is 8.53. The first-order valence-corrected chi connectivity index (χ1v) is 7.62. The van der Waals surface area contributed by atoms with E-state index in [-0.39, 0.29) is 0 Å². The Kier molecular flexibility index (Phi) is 6.61. The Morgan fingerprint density at radius 2 is 2.00 bits per heavy atom. The highest BCUT2D eigenvalue weighted by atomic mass is 15.2. The Labute approximate surface area is 114 Å². The molecule has 1 aliphatic heterocycles. The molecule has 0 aromatic carbocycles. The number of hydrogen-bond donors (Lipinski definition) is 1. The summed E-state index contributed by atoms with van der Waals surface area (Å²) in [6.07, 6.45) is 4.03. The Hall–Kier alpha value is -0.120. The van der Waals surface area contributed by atoms with Crippen LogP contribution in [0.4, 0.5) is 0 Å². The normalized spacial score (nSPS) is 26.8. The zero-order chi connectivity index (χ0) is 13.6. The standard InChI is InChI=1S/C15H33N3/c1-6-15(9-8-10-16-12-15)13-18(7-2)14(3)11-17(4)5/h14,16H,6-13H2,1-5H3. The van der Waals surface area contributed by atoms with Crippen molar-refractivity contribution >= 4 is 0 Å². The molecule has 0 saturated carbocycles. The molecule has 108 valence electrons. The molecule has 0 aliphatic carbocycles. The van der Waals surface area contributed by atoms with E-state index in [2.05, 4.69) is 50.0 Å². The van der Waals surface area contributed by atoms with Crippen LogP contribution in [0.1, 0.15) is 40.0 Å². The van der Waals surface area contributed by atoms with E-state index < -0.39 is 0 Å². The van der Waals surface area contributed by atoms with Gasteiger partial charge in [-0.25, -0.2) is 0 Å². The average molecular weight is 255 g/mol. The minimum absolute atomic E-state index is 0.509. The van der Waals surface area contributed by atoms with Crippen molar-refractivity contribution in [3.63, 3.8) is 0 Å². The molecule has 0 aromatic heterocycles. The summed E-state index contributed by atoms with van der Waals surface area (Å²) in [7, 11) is 4.34. The van der Waals surface area contributed by atoms with Crippen LogP contribution in [0, 0.1) is 5.41 Å². The van der Waals surface area contributed by atoms with Crippen LogP contribution in [0.2, 0.25) is 0 Å². The van der Waals surface area contributed by atoms with Gasteiger partial charge >= 0.3 is 0 Å². The third kappa shape index (κ3) is 4.52. The van der Waals surface area contributed by atoms with E-state index in [0.29, 0.717) is 11.5 Å². The first-order valence-electron chi connectivity index (χ1n) is 7.62. The molecule has 1 rings (SSSR count). The first kappa shape index (κ1) is 15.9. The summed E-state index contributed by atoms with van der Waals surface area (Å²) in [6.45, 7) is 13.0. The highest BCUT2D eigenvalue weighted by Crippen LogP contribution is 2.31. The van der Waals surface area contributed by atoms with Crippen LogP contribution in [-0.2, 0) is 0 Å². The molecule has 3 heteroatoms. The minimum atomic E-state index is 0.509. The smallest absolute Gasteiger partial charge is 0.0194 e. The topological polar surface area (TPSA) is 18.5 Å². The van der Waals surface area contributed by atoms with Crippen molar-refractivity contribution in [1.82, 2.24) is 15.1 Å². The van der Waals surface area contributed by atoms with Crippen molar-refractivity contribution in [2.24, 2.45) is 5.41 Å². The van der Waals surface area contributed by atoms with Gasteiger partial charge in [-0.1, -0.05) is 13.8 Å². The second-order valence-corrected chi connectivity index (χ2v) is 6.31. The van der Waals surface area contributed by atoms with Crippen LogP contribution in [0.15, 0.2) is 0 Å². The summed E-state index contributed by atoms with van der Waals surface area (Å²) in [4.78, 5) is 4.96. The molecule has 1 aliphatic rings. The van der Waals surface area contributed by atoms with Gasteiger partial charge in [-0.05, 0) is 58.8 Å². The number of likely N-dealkylation sites (N-methyl/N-ethyl adjacent to an activating group) is 2. The van der Waals surface area contributed by atoms with E-state index in [1.807, 2.05) is 0 Å². The van der Waals surface area contributed by atoms with Gasteiger partial charge in [0.25, 0.3) is 0 Å². The molecular weight excluding hydrogens is 222 g/mol. The number of nitrogens with zero attached hydrogens (tertiary/aromatic N) is 2. The number of hydrogen-bond acceptors (Lipinski definition) is 3. The van der Waals surface area contributed by atoms with Crippen LogP contribution in [0.3, 0.4) is 0 Å². The molecular formula is C15H33N3. The predicted octanol–water partition coefficient (Wildman–Crippen LogP) is 2.04. The lowest BCUT2D eigenvalue weighted by Gasteiger charge is -2.43. The summed E-state index contributed by atoms with van der Waals surface area (Å²) < 4.78 is 0. The molecule has 0 amide bonds. The minimum Gasteiger partial charge on any atom is -0.316 e. The second kappa shape index (κ2) is 7.46. The number of piperidine rings is 1. The van der Waals surface area contributed by atoms with E-state index in [0.717, 1.165) is 13.1 Å². The number of rotatable bonds is 7. The molecule has 0 radical (unpaired) electrons. The Balaban J connectivity index is 2.59. The van der Waals surface area contributed by atoms with E-state index >= 15 is 0 Å². The summed E-state index contributed by atoms with van der Waals surface area (Å²) in [5, 5.41) is 3.60. The van der Waals surface area contributed by atoms with E-state index in [1.54, 1.807) is 0 Å². The lowest BCUT2D eigenvalue weighted by Crippen LogP contribution is -2.51. The maximum Gasteiger partial charge on any atom is 0.0194 e. The molecule has 1 fully saturated rings. The van der Waals surface area contributed by atoms with Gasteiger partial charge in [-0.3, -0.25) is 4.90 Å². The second-order valence-electron chi connectivity index (χ2n) is 6.31. The summed E-state index contributed by atoms with van der Waals surface area (Å²) >= 11 is 0. The Bertz CT molecular complexity index is 222. The van der Waals surface area contributed by atoms with E-state index in [4.69, 9.17) is 0 Å². The SMILES string of the molecule is CCN(CC1(CC)CCCNC1)C(C)CN(C)C. The molecule has 1 saturated heterocycles. The summed E-state index contributed by atoms with van der Waals surface area (Å²) in [5.41, 5.74) is 0.509. The summed E-state index contributed by atoms with van der Waals surface area (Å²) in [5.74, 6) is 0. The molecule has 2 atom stereocenters. The van der Waals surface area contributed by atoms with Crippen LogP contribution in [0.5, 0.6) is 0 Å². The molecule has 0 spiro atoms. The highest BCUT2D eigenvalue weighted by molar-refractivity contribution is 4.88. The van der Waals surface area contributed by atoms with Crippen LogP contribution in [-0.4, -0.2) is 62.7 Å². The molecule has 3 nitrogen and oxygen atoms in total. The maximum atomic E-state index is 3.60. The van der Waals surface area contributed by atoms with Crippen LogP contribution < -0.4 is 5.32 Å².